The number of ether oxygens (including phenoxy) is 3. The van der Waals surface area contributed by atoms with Crippen molar-refractivity contribution < 1.29 is 14.2 Å². The van der Waals surface area contributed by atoms with E-state index in [1.165, 1.54) is 0 Å². The lowest BCUT2D eigenvalue weighted by Crippen LogP contribution is -1.94. The highest BCUT2D eigenvalue weighted by Crippen LogP contribution is 2.29. The van der Waals surface area contributed by atoms with Crippen molar-refractivity contribution in [2.75, 3.05) is 14.2 Å². The molecule has 0 aliphatic heterocycles. The van der Waals surface area contributed by atoms with Crippen LogP contribution < -0.4 is 4.74 Å². The van der Waals surface area contributed by atoms with E-state index in [4.69, 9.17) is 14.2 Å². The van der Waals surface area contributed by atoms with Gasteiger partial charge in [0.2, 0.25) is 0 Å². The Morgan fingerprint density at radius 2 is 1.13 bits per heavy atom. The third kappa shape index (κ3) is 5.22. The van der Waals surface area contributed by atoms with E-state index in [-0.39, 0.29) is 0 Å². The number of hydrogen-bond donors (Lipinski definition) is 0. The molecule has 3 nitrogen and oxygen atoms in total. The Hall–Kier alpha value is -2.68. The molecule has 0 aromatic heterocycles. The molecule has 2 rings (SSSR count). The van der Waals surface area contributed by atoms with Crippen LogP contribution in [0.1, 0.15) is 11.1 Å². The van der Waals surface area contributed by atoms with E-state index in [9.17, 15) is 0 Å². The van der Waals surface area contributed by atoms with Crippen LogP contribution in [-0.4, -0.2) is 14.2 Å². The van der Waals surface area contributed by atoms with E-state index in [0.29, 0.717) is 0 Å². The van der Waals surface area contributed by atoms with E-state index in [0.717, 1.165) is 35.5 Å². The van der Waals surface area contributed by atoms with Crippen LogP contribution in [0.3, 0.4) is 0 Å². The normalized spacial score (nSPS) is 11.0. The van der Waals surface area contributed by atoms with Crippen LogP contribution in [0.5, 0.6) is 11.5 Å². The summed E-state index contributed by atoms with van der Waals surface area (Å²) < 4.78 is 16.1. The van der Waals surface area contributed by atoms with Gasteiger partial charge in [-0.3, -0.25) is 0 Å². The van der Waals surface area contributed by atoms with E-state index in [1.54, 1.807) is 26.7 Å². The molecule has 0 spiro atoms. The van der Waals surface area contributed by atoms with Gasteiger partial charge in [0, 0.05) is 0 Å². The standard InChI is InChI=1S/C20H22O3/c1-21-15-7-11-17-9-3-5-13-19(17)23-20-14-6-4-10-18(20)12-8-16-22-2/h3-10,13-16H,11-12H2,1-2H3. The lowest BCUT2D eigenvalue weighted by Gasteiger charge is -2.13. The smallest absolute Gasteiger partial charge is 0.130 e. The number of benzene rings is 2. The first-order valence-electron chi connectivity index (χ1n) is 7.54. The summed E-state index contributed by atoms with van der Waals surface area (Å²) in [7, 11) is 3.28. The first kappa shape index (κ1) is 16.7. The van der Waals surface area contributed by atoms with Gasteiger partial charge in [0.05, 0.1) is 26.7 Å². The summed E-state index contributed by atoms with van der Waals surface area (Å²) in [4.78, 5) is 0. The number of rotatable bonds is 8. The van der Waals surface area contributed by atoms with Crippen LogP contribution in [0.2, 0.25) is 0 Å². The lowest BCUT2D eigenvalue weighted by atomic mass is 10.1. The van der Waals surface area contributed by atoms with Crippen LogP contribution in [0.25, 0.3) is 0 Å². The zero-order valence-electron chi connectivity index (χ0n) is 13.6. The predicted octanol–water partition coefficient (Wildman–Crippen LogP) is 4.88. The van der Waals surface area contributed by atoms with Gasteiger partial charge < -0.3 is 14.2 Å². The second-order valence-electron chi connectivity index (χ2n) is 4.94. The number of allylic oxidation sites excluding steroid dienone is 2. The molecule has 0 unspecified atom stereocenters. The SMILES string of the molecule is COC=CCc1ccccc1Oc1ccccc1CC=COC. The van der Waals surface area contributed by atoms with Gasteiger partial charge >= 0.3 is 0 Å². The average molecular weight is 310 g/mol. The zero-order valence-corrected chi connectivity index (χ0v) is 13.6. The van der Waals surface area contributed by atoms with E-state index in [1.807, 2.05) is 48.6 Å². The van der Waals surface area contributed by atoms with Gasteiger partial charge in [0.25, 0.3) is 0 Å². The number of para-hydroxylation sites is 2. The second kappa shape index (κ2) is 9.36. The maximum Gasteiger partial charge on any atom is 0.130 e. The summed E-state index contributed by atoms with van der Waals surface area (Å²) in [6.45, 7) is 0. The Balaban J connectivity index is 2.19. The third-order valence-corrected chi connectivity index (χ3v) is 3.31. The molecule has 0 saturated carbocycles. The highest BCUT2D eigenvalue weighted by molar-refractivity contribution is 5.42. The summed E-state index contributed by atoms with van der Waals surface area (Å²) in [6.07, 6.45) is 8.82. The van der Waals surface area contributed by atoms with Crippen LogP contribution >= 0.6 is 0 Å². The van der Waals surface area contributed by atoms with Gasteiger partial charge in [-0.2, -0.15) is 0 Å². The molecular weight excluding hydrogens is 288 g/mol. The first-order valence-corrected chi connectivity index (χ1v) is 7.54. The molecule has 0 saturated heterocycles. The van der Waals surface area contributed by atoms with Crippen molar-refractivity contribution in [2.24, 2.45) is 0 Å². The van der Waals surface area contributed by atoms with Crippen LogP contribution in [0.15, 0.2) is 73.2 Å². The molecule has 0 atom stereocenters. The molecule has 0 bridgehead atoms. The van der Waals surface area contributed by atoms with Crippen LogP contribution in [0, 0.1) is 0 Å². The Labute approximate surface area is 137 Å². The summed E-state index contributed by atoms with van der Waals surface area (Å²) in [5.41, 5.74) is 2.23. The van der Waals surface area contributed by atoms with Crippen molar-refractivity contribution in [3.05, 3.63) is 84.3 Å². The fraction of sp³-hybridized carbons (Fsp3) is 0.200. The van der Waals surface area contributed by atoms with Crippen LogP contribution in [0.4, 0.5) is 0 Å². The fourth-order valence-electron chi connectivity index (χ4n) is 2.21. The summed E-state index contributed by atoms with van der Waals surface area (Å²) in [6, 6.07) is 16.1. The molecule has 0 aliphatic carbocycles. The minimum absolute atomic E-state index is 0.760. The molecule has 0 N–H and O–H groups in total. The topological polar surface area (TPSA) is 27.7 Å². The lowest BCUT2D eigenvalue weighted by molar-refractivity contribution is 0.336. The molecule has 23 heavy (non-hydrogen) atoms. The van der Waals surface area contributed by atoms with Gasteiger partial charge in [-0.25, -0.2) is 0 Å². The Morgan fingerprint density at radius 3 is 1.57 bits per heavy atom. The van der Waals surface area contributed by atoms with Gasteiger partial charge in [0.1, 0.15) is 11.5 Å². The molecular formula is C20H22O3. The fourth-order valence-corrected chi connectivity index (χ4v) is 2.21. The third-order valence-electron chi connectivity index (χ3n) is 3.31. The first-order chi connectivity index (χ1) is 11.3. The summed E-state index contributed by atoms with van der Waals surface area (Å²) in [5, 5.41) is 0. The molecule has 3 heteroatoms. The van der Waals surface area contributed by atoms with Crippen molar-refractivity contribution in [1.29, 1.82) is 0 Å². The highest BCUT2D eigenvalue weighted by Gasteiger charge is 2.06. The number of methoxy groups -OCH3 is 2. The molecule has 120 valence electrons. The molecule has 0 amide bonds. The molecule has 2 aromatic carbocycles. The zero-order chi connectivity index (χ0) is 16.3. The Morgan fingerprint density at radius 1 is 0.696 bits per heavy atom. The Kier molecular flexibility index (Phi) is 6.79. The van der Waals surface area contributed by atoms with E-state index < -0.39 is 0 Å². The van der Waals surface area contributed by atoms with Gasteiger partial charge in [-0.05, 0) is 48.3 Å². The van der Waals surface area contributed by atoms with Crippen molar-refractivity contribution >= 4 is 0 Å². The summed E-state index contributed by atoms with van der Waals surface area (Å²) >= 11 is 0. The average Bonchev–Trinajstić information content (AvgIpc) is 2.58. The van der Waals surface area contributed by atoms with Crippen LogP contribution in [-0.2, 0) is 22.3 Å². The quantitative estimate of drug-likeness (QED) is 0.650. The van der Waals surface area contributed by atoms with Gasteiger partial charge in [-0.15, -0.1) is 0 Å². The molecule has 0 heterocycles. The minimum atomic E-state index is 0.760. The number of hydrogen-bond acceptors (Lipinski definition) is 3. The van der Waals surface area contributed by atoms with Gasteiger partial charge in [-0.1, -0.05) is 36.4 Å². The monoisotopic (exact) mass is 310 g/mol. The van der Waals surface area contributed by atoms with Crippen molar-refractivity contribution in [2.45, 2.75) is 12.8 Å². The molecule has 0 radical (unpaired) electrons. The molecule has 2 aromatic rings. The van der Waals surface area contributed by atoms with E-state index in [2.05, 4.69) is 12.1 Å². The van der Waals surface area contributed by atoms with E-state index >= 15 is 0 Å². The molecule has 0 fully saturated rings. The maximum absolute atomic E-state index is 6.15. The minimum Gasteiger partial charge on any atom is -0.505 e. The maximum atomic E-state index is 6.15. The largest absolute Gasteiger partial charge is 0.505 e. The predicted molar refractivity (Wildman–Crippen MR) is 92.7 cm³/mol. The molecule has 0 aliphatic rings. The Bertz CT molecular complexity index is 602. The van der Waals surface area contributed by atoms with Crippen molar-refractivity contribution in [3.8, 4) is 11.5 Å². The van der Waals surface area contributed by atoms with Crippen molar-refractivity contribution in [3.63, 3.8) is 0 Å². The van der Waals surface area contributed by atoms with Crippen molar-refractivity contribution in [1.82, 2.24) is 0 Å². The van der Waals surface area contributed by atoms with Gasteiger partial charge in [0.15, 0.2) is 0 Å². The second-order valence-corrected chi connectivity index (χ2v) is 4.94. The summed E-state index contributed by atoms with van der Waals surface area (Å²) in [5.74, 6) is 1.72. The highest BCUT2D eigenvalue weighted by atomic mass is 16.5.